The molecule has 2 bridgehead atoms. The van der Waals surface area contributed by atoms with Crippen molar-refractivity contribution >= 4 is 5.91 Å². The average molecular weight is 342 g/mol. The molecule has 2 N–H and O–H groups in total. The van der Waals surface area contributed by atoms with Crippen LogP contribution >= 0.6 is 0 Å². The van der Waals surface area contributed by atoms with Crippen LogP contribution in [0.4, 0.5) is 0 Å². The predicted molar refractivity (Wildman–Crippen MR) is 101 cm³/mol. The highest BCUT2D eigenvalue weighted by molar-refractivity contribution is 5.94. The van der Waals surface area contributed by atoms with E-state index in [4.69, 9.17) is 0 Å². The lowest BCUT2D eigenvalue weighted by Gasteiger charge is -2.50. The summed E-state index contributed by atoms with van der Waals surface area (Å²) >= 11 is 0. The lowest BCUT2D eigenvalue weighted by Crippen LogP contribution is -3.24. The summed E-state index contributed by atoms with van der Waals surface area (Å²) in [5.41, 5.74) is 1.97. The third kappa shape index (κ3) is 3.76. The Morgan fingerprint density at radius 1 is 0.960 bits per heavy atom. The van der Waals surface area contributed by atoms with Gasteiger partial charge in [0.1, 0.15) is 0 Å². The van der Waals surface area contributed by atoms with Gasteiger partial charge in [-0.2, -0.15) is 0 Å². The van der Waals surface area contributed by atoms with Crippen LogP contribution in [0.15, 0.2) is 24.3 Å². The molecule has 3 heteroatoms. The largest absolute Gasteiger partial charge is 0.349 e. The number of fused-ring (bicyclic) bond motifs is 2. The molecule has 3 fully saturated rings. The number of amides is 1. The molecule has 136 valence electrons. The minimum atomic E-state index is 0.118. The second-order valence-corrected chi connectivity index (χ2v) is 8.67. The Balaban J connectivity index is 1.41. The molecule has 1 aromatic carbocycles. The Morgan fingerprint density at radius 3 is 2.32 bits per heavy atom. The summed E-state index contributed by atoms with van der Waals surface area (Å²) in [4.78, 5) is 14.6. The molecule has 3 aliphatic rings. The molecule has 25 heavy (non-hydrogen) atoms. The van der Waals surface area contributed by atoms with Crippen molar-refractivity contribution in [2.45, 2.75) is 95.3 Å². The highest BCUT2D eigenvalue weighted by Crippen LogP contribution is 2.26. The summed E-state index contributed by atoms with van der Waals surface area (Å²) < 4.78 is 0. The van der Waals surface area contributed by atoms with Gasteiger partial charge in [-0.05, 0) is 64.0 Å². The molecular formula is C22H33N2O+. The molecule has 1 aromatic rings. The van der Waals surface area contributed by atoms with E-state index in [0.717, 1.165) is 29.3 Å². The minimum Gasteiger partial charge on any atom is -0.349 e. The molecule has 2 heterocycles. The van der Waals surface area contributed by atoms with Crippen molar-refractivity contribution in [3.8, 4) is 0 Å². The van der Waals surface area contributed by atoms with Crippen LogP contribution in [0.5, 0.6) is 0 Å². The first kappa shape index (κ1) is 17.1. The summed E-state index contributed by atoms with van der Waals surface area (Å²) in [6.07, 6.45) is 13.6. The van der Waals surface area contributed by atoms with Crippen molar-refractivity contribution in [3.05, 3.63) is 35.4 Å². The fourth-order valence-electron chi connectivity index (χ4n) is 5.84. The lowest BCUT2D eigenvalue weighted by molar-refractivity contribution is -0.984. The lowest BCUT2D eigenvalue weighted by atomic mass is 9.78. The van der Waals surface area contributed by atoms with E-state index < -0.39 is 0 Å². The Kier molecular flexibility index (Phi) is 5.12. The van der Waals surface area contributed by atoms with Gasteiger partial charge >= 0.3 is 0 Å². The molecule has 0 spiro atoms. The molecule has 3 nitrogen and oxygen atoms in total. The number of aryl methyl sites for hydroxylation is 1. The van der Waals surface area contributed by atoms with Crippen LogP contribution in [0.1, 0.15) is 80.1 Å². The normalized spacial score (nSPS) is 33.0. The Labute approximate surface area is 152 Å². The molecule has 2 atom stereocenters. The molecule has 1 aliphatic carbocycles. The molecule has 1 amide bonds. The van der Waals surface area contributed by atoms with E-state index in [1.165, 1.54) is 64.2 Å². The second kappa shape index (κ2) is 7.49. The fraction of sp³-hybridized carbons (Fsp3) is 0.682. The van der Waals surface area contributed by atoms with Gasteiger partial charge in [0.2, 0.25) is 0 Å². The van der Waals surface area contributed by atoms with E-state index in [1.54, 1.807) is 0 Å². The van der Waals surface area contributed by atoms with Crippen LogP contribution in [-0.4, -0.2) is 30.1 Å². The van der Waals surface area contributed by atoms with Gasteiger partial charge in [-0.15, -0.1) is 0 Å². The SMILES string of the molecule is Cc1cccc(C(=O)NC2C[C@H]3CCC[C@H](C2)[NH+]3C2CCCCC2)c1. The summed E-state index contributed by atoms with van der Waals surface area (Å²) in [5.74, 6) is 0.118. The zero-order valence-electron chi connectivity index (χ0n) is 15.6. The van der Waals surface area contributed by atoms with E-state index in [0.29, 0.717) is 6.04 Å². The van der Waals surface area contributed by atoms with Gasteiger partial charge in [0.15, 0.2) is 0 Å². The van der Waals surface area contributed by atoms with Crippen molar-refractivity contribution < 1.29 is 9.69 Å². The van der Waals surface area contributed by atoms with Crippen LogP contribution in [0.3, 0.4) is 0 Å². The molecule has 0 radical (unpaired) electrons. The van der Waals surface area contributed by atoms with Gasteiger partial charge in [0.05, 0.1) is 18.1 Å². The molecule has 2 saturated heterocycles. The Hall–Kier alpha value is -1.35. The summed E-state index contributed by atoms with van der Waals surface area (Å²) in [6.45, 7) is 2.05. The maximum atomic E-state index is 12.7. The second-order valence-electron chi connectivity index (χ2n) is 8.67. The molecular weight excluding hydrogens is 308 g/mol. The van der Waals surface area contributed by atoms with Crippen molar-refractivity contribution in [1.82, 2.24) is 5.32 Å². The highest BCUT2D eigenvalue weighted by Gasteiger charge is 2.45. The van der Waals surface area contributed by atoms with E-state index >= 15 is 0 Å². The Bertz CT molecular complexity index is 594. The number of hydrogen-bond acceptors (Lipinski definition) is 1. The minimum absolute atomic E-state index is 0.118. The number of quaternary nitrogens is 1. The zero-order valence-corrected chi connectivity index (χ0v) is 15.6. The van der Waals surface area contributed by atoms with Gasteiger partial charge in [0.25, 0.3) is 5.91 Å². The number of hydrogen-bond donors (Lipinski definition) is 2. The average Bonchev–Trinajstić information content (AvgIpc) is 2.61. The van der Waals surface area contributed by atoms with E-state index in [2.05, 4.69) is 5.32 Å². The van der Waals surface area contributed by atoms with Crippen molar-refractivity contribution in [2.24, 2.45) is 0 Å². The number of carbonyl (C=O) groups excluding carboxylic acids is 1. The van der Waals surface area contributed by atoms with Crippen molar-refractivity contribution in [1.29, 1.82) is 0 Å². The number of nitrogens with one attached hydrogen (secondary N) is 2. The first-order chi connectivity index (χ1) is 12.2. The first-order valence-corrected chi connectivity index (χ1v) is 10.4. The number of carbonyl (C=O) groups is 1. The third-order valence-electron chi connectivity index (χ3n) is 6.88. The van der Waals surface area contributed by atoms with Gasteiger partial charge in [-0.25, -0.2) is 0 Å². The number of rotatable bonds is 3. The van der Waals surface area contributed by atoms with Crippen LogP contribution in [-0.2, 0) is 0 Å². The molecule has 0 aromatic heterocycles. The molecule has 0 unspecified atom stereocenters. The van der Waals surface area contributed by atoms with Crippen LogP contribution in [0.25, 0.3) is 0 Å². The first-order valence-electron chi connectivity index (χ1n) is 10.4. The van der Waals surface area contributed by atoms with Crippen LogP contribution in [0, 0.1) is 6.92 Å². The third-order valence-corrected chi connectivity index (χ3v) is 6.88. The van der Waals surface area contributed by atoms with E-state index in [-0.39, 0.29) is 5.91 Å². The van der Waals surface area contributed by atoms with Gasteiger partial charge in [0, 0.05) is 24.4 Å². The maximum Gasteiger partial charge on any atom is 0.251 e. The van der Waals surface area contributed by atoms with Crippen LogP contribution < -0.4 is 10.2 Å². The summed E-state index contributed by atoms with van der Waals surface area (Å²) in [6, 6.07) is 10.8. The molecule has 1 saturated carbocycles. The molecule has 4 rings (SSSR count). The smallest absolute Gasteiger partial charge is 0.251 e. The molecule has 2 aliphatic heterocycles. The van der Waals surface area contributed by atoms with Gasteiger partial charge in [-0.3, -0.25) is 4.79 Å². The van der Waals surface area contributed by atoms with Crippen molar-refractivity contribution in [3.63, 3.8) is 0 Å². The monoisotopic (exact) mass is 341 g/mol. The fourth-order valence-corrected chi connectivity index (χ4v) is 5.84. The van der Waals surface area contributed by atoms with Crippen LogP contribution in [0.2, 0.25) is 0 Å². The van der Waals surface area contributed by atoms with Crippen molar-refractivity contribution in [2.75, 3.05) is 0 Å². The topological polar surface area (TPSA) is 33.5 Å². The number of piperidine rings is 2. The maximum absolute atomic E-state index is 12.7. The van der Waals surface area contributed by atoms with E-state index in [1.807, 2.05) is 36.1 Å². The Morgan fingerprint density at radius 2 is 1.64 bits per heavy atom. The van der Waals surface area contributed by atoms with Gasteiger partial charge < -0.3 is 10.2 Å². The standard InChI is InChI=1S/C22H32N2O/c1-16-7-5-8-17(13-16)22(25)23-18-14-20-11-6-12-21(15-18)24(20)19-9-3-2-4-10-19/h5,7-8,13,18-21H,2-4,6,9-12,14-15H2,1H3,(H,23,25)/p+1/t20-,21-/m1/s1. The summed E-state index contributed by atoms with van der Waals surface area (Å²) in [5, 5.41) is 3.36. The zero-order chi connectivity index (χ0) is 17.2. The van der Waals surface area contributed by atoms with E-state index in [9.17, 15) is 4.79 Å². The predicted octanol–water partition coefficient (Wildman–Crippen LogP) is 3.03. The quantitative estimate of drug-likeness (QED) is 0.870. The van der Waals surface area contributed by atoms with Gasteiger partial charge in [-0.1, -0.05) is 24.1 Å². The summed E-state index contributed by atoms with van der Waals surface area (Å²) in [7, 11) is 0. The highest BCUT2D eigenvalue weighted by atomic mass is 16.1. The number of benzene rings is 1.